The number of rotatable bonds is 7. The van der Waals surface area contributed by atoms with Crippen LogP contribution in [0.15, 0.2) is 53.0 Å². The Labute approximate surface area is 153 Å². The van der Waals surface area contributed by atoms with E-state index in [9.17, 15) is 9.59 Å². The first-order chi connectivity index (χ1) is 11.5. The van der Waals surface area contributed by atoms with Gasteiger partial charge in [-0.15, -0.1) is 0 Å². The Hall–Kier alpha value is -2.05. The number of esters is 1. The van der Waals surface area contributed by atoms with Crippen molar-refractivity contribution in [3.05, 3.63) is 63.6 Å². The average Bonchev–Trinajstić information content (AvgIpc) is 2.58. The van der Waals surface area contributed by atoms with E-state index in [0.717, 1.165) is 5.56 Å². The molecule has 7 heteroatoms. The van der Waals surface area contributed by atoms with Gasteiger partial charge >= 0.3 is 5.97 Å². The second kappa shape index (κ2) is 9.30. The van der Waals surface area contributed by atoms with E-state index in [0.29, 0.717) is 15.2 Å². The minimum atomic E-state index is -0.514. The Morgan fingerprint density at radius 1 is 1.12 bits per heavy atom. The molecule has 2 rings (SSSR count). The molecule has 0 atom stereocenters. The largest absolute Gasteiger partial charge is 0.483 e. The maximum atomic E-state index is 11.7. The van der Waals surface area contributed by atoms with Crippen LogP contribution in [-0.2, 0) is 20.9 Å². The predicted octanol–water partition coefficient (Wildman–Crippen LogP) is 3.34. The van der Waals surface area contributed by atoms with E-state index < -0.39 is 11.9 Å². The third kappa shape index (κ3) is 6.22. The highest BCUT2D eigenvalue weighted by molar-refractivity contribution is 9.10. The molecule has 0 aromatic heterocycles. The van der Waals surface area contributed by atoms with Crippen molar-refractivity contribution in [3.8, 4) is 5.75 Å². The zero-order valence-electron chi connectivity index (χ0n) is 12.6. The minimum absolute atomic E-state index is 0.170. The van der Waals surface area contributed by atoms with Crippen LogP contribution in [0.5, 0.6) is 5.75 Å². The Morgan fingerprint density at radius 3 is 2.58 bits per heavy atom. The summed E-state index contributed by atoms with van der Waals surface area (Å²) >= 11 is 9.11. The summed E-state index contributed by atoms with van der Waals surface area (Å²) in [5.41, 5.74) is 0.882. The molecule has 0 spiro atoms. The molecule has 0 saturated carbocycles. The van der Waals surface area contributed by atoms with Gasteiger partial charge in [-0.05, 0) is 39.7 Å². The fraction of sp³-hybridized carbons (Fsp3) is 0.176. The summed E-state index contributed by atoms with van der Waals surface area (Å²) in [5.74, 6) is -0.449. The van der Waals surface area contributed by atoms with Gasteiger partial charge in [0.25, 0.3) is 5.91 Å². The first-order valence-electron chi connectivity index (χ1n) is 7.08. The van der Waals surface area contributed by atoms with E-state index in [2.05, 4.69) is 21.2 Å². The first kappa shape index (κ1) is 18.3. The molecule has 0 unspecified atom stereocenters. The summed E-state index contributed by atoms with van der Waals surface area (Å²) in [5, 5.41) is 3.00. The van der Waals surface area contributed by atoms with Crippen molar-refractivity contribution < 1.29 is 19.1 Å². The zero-order chi connectivity index (χ0) is 17.4. The number of carbonyl (C=O) groups excluding carboxylic acids is 2. The lowest BCUT2D eigenvalue weighted by Gasteiger charge is -2.09. The molecule has 2 aromatic rings. The van der Waals surface area contributed by atoms with Gasteiger partial charge in [0.1, 0.15) is 18.9 Å². The summed E-state index contributed by atoms with van der Waals surface area (Å²) in [6, 6.07) is 14.3. The molecule has 0 fully saturated rings. The second-order valence-electron chi connectivity index (χ2n) is 4.79. The van der Waals surface area contributed by atoms with Crippen LogP contribution in [0.1, 0.15) is 5.56 Å². The van der Waals surface area contributed by atoms with Gasteiger partial charge in [0.2, 0.25) is 0 Å². The Balaban J connectivity index is 1.68. The number of hydrogen-bond donors (Lipinski definition) is 1. The van der Waals surface area contributed by atoms with Gasteiger partial charge in [-0.2, -0.15) is 0 Å². The van der Waals surface area contributed by atoms with Gasteiger partial charge in [-0.3, -0.25) is 9.59 Å². The van der Waals surface area contributed by atoms with E-state index in [4.69, 9.17) is 21.1 Å². The molecule has 0 heterocycles. The normalized spacial score (nSPS) is 10.1. The highest BCUT2D eigenvalue weighted by Crippen LogP contribution is 2.27. The first-order valence-corrected chi connectivity index (χ1v) is 8.26. The van der Waals surface area contributed by atoms with Gasteiger partial charge in [-0.1, -0.05) is 41.9 Å². The van der Waals surface area contributed by atoms with Gasteiger partial charge in [0.05, 0.1) is 4.47 Å². The van der Waals surface area contributed by atoms with Gasteiger partial charge in [0.15, 0.2) is 6.61 Å². The topological polar surface area (TPSA) is 64.6 Å². The molecule has 0 saturated heterocycles. The van der Waals surface area contributed by atoms with Crippen molar-refractivity contribution in [2.45, 2.75) is 6.61 Å². The summed E-state index contributed by atoms with van der Waals surface area (Å²) in [6.07, 6.45) is 0. The van der Waals surface area contributed by atoms with Crippen LogP contribution in [0.25, 0.3) is 0 Å². The fourth-order valence-corrected chi connectivity index (χ4v) is 2.54. The molecule has 2 aromatic carbocycles. The molecular formula is C17H15BrClNO4. The molecular weight excluding hydrogens is 398 g/mol. The standard InChI is InChI=1S/C17H15BrClNO4/c18-14-8-13(19)6-7-15(14)23-11-16(21)20-9-17(22)24-10-12-4-2-1-3-5-12/h1-8H,9-11H2,(H,20,21). The minimum Gasteiger partial charge on any atom is -0.483 e. The number of hydrogen-bond acceptors (Lipinski definition) is 4. The second-order valence-corrected chi connectivity index (χ2v) is 6.08. The summed E-state index contributed by atoms with van der Waals surface area (Å²) in [7, 11) is 0. The lowest BCUT2D eigenvalue weighted by atomic mass is 10.2. The summed E-state index contributed by atoms with van der Waals surface area (Å²) < 4.78 is 11.0. The van der Waals surface area contributed by atoms with Crippen molar-refractivity contribution in [1.29, 1.82) is 0 Å². The van der Waals surface area contributed by atoms with Gasteiger partial charge in [0, 0.05) is 5.02 Å². The fourth-order valence-electron chi connectivity index (χ4n) is 1.75. The maximum absolute atomic E-state index is 11.7. The summed E-state index contributed by atoms with van der Waals surface area (Å²) in [4.78, 5) is 23.3. The lowest BCUT2D eigenvalue weighted by Crippen LogP contribution is -2.34. The van der Waals surface area contributed by atoms with Crippen molar-refractivity contribution in [3.63, 3.8) is 0 Å². The third-order valence-electron chi connectivity index (χ3n) is 2.93. The zero-order valence-corrected chi connectivity index (χ0v) is 15.0. The number of ether oxygens (including phenoxy) is 2. The highest BCUT2D eigenvalue weighted by atomic mass is 79.9. The maximum Gasteiger partial charge on any atom is 0.325 e. The third-order valence-corrected chi connectivity index (χ3v) is 3.78. The Morgan fingerprint density at radius 2 is 1.88 bits per heavy atom. The van der Waals surface area contributed by atoms with E-state index in [-0.39, 0.29) is 19.8 Å². The van der Waals surface area contributed by atoms with Crippen LogP contribution in [0, 0.1) is 0 Å². The van der Waals surface area contributed by atoms with Crippen molar-refractivity contribution in [2.24, 2.45) is 0 Å². The monoisotopic (exact) mass is 411 g/mol. The molecule has 0 radical (unpaired) electrons. The molecule has 0 aliphatic heterocycles. The Bertz CT molecular complexity index is 709. The molecule has 5 nitrogen and oxygen atoms in total. The number of nitrogens with one attached hydrogen (secondary N) is 1. The number of halogens is 2. The van der Waals surface area contributed by atoms with E-state index in [1.165, 1.54) is 0 Å². The number of carbonyl (C=O) groups is 2. The lowest BCUT2D eigenvalue weighted by molar-refractivity contribution is -0.145. The van der Waals surface area contributed by atoms with Crippen molar-refractivity contribution in [2.75, 3.05) is 13.2 Å². The Kier molecular flexibility index (Phi) is 7.08. The molecule has 0 aliphatic rings. The van der Waals surface area contributed by atoms with E-state index in [1.54, 1.807) is 18.2 Å². The van der Waals surface area contributed by atoms with Crippen LogP contribution in [0.4, 0.5) is 0 Å². The molecule has 126 valence electrons. The van der Waals surface area contributed by atoms with E-state index >= 15 is 0 Å². The molecule has 1 N–H and O–H groups in total. The van der Waals surface area contributed by atoms with Crippen LogP contribution in [-0.4, -0.2) is 25.0 Å². The quantitative estimate of drug-likeness (QED) is 0.709. The van der Waals surface area contributed by atoms with Crippen LogP contribution in [0.3, 0.4) is 0 Å². The number of benzene rings is 2. The van der Waals surface area contributed by atoms with Crippen LogP contribution >= 0.6 is 27.5 Å². The predicted molar refractivity (Wildman–Crippen MR) is 93.9 cm³/mol. The van der Waals surface area contributed by atoms with Crippen molar-refractivity contribution >= 4 is 39.4 Å². The molecule has 0 bridgehead atoms. The van der Waals surface area contributed by atoms with Crippen LogP contribution < -0.4 is 10.1 Å². The smallest absolute Gasteiger partial charge is 0.325 e. The van der Waals surface area contributed by atoms with Gasteiger partial charge in [-0.25, -0.2) is 0 Å². The van der Waals surface area contributed by atoms with E-state index in [1.807, 2.05) is 30.3 Å². The molecule has 1 amide bonds. The van der Waals surface area contributed by atoms with Crippen LogP contribution in [0.2, 0.25) is 5.02 Å². The average molecular weight is 413 g/mol. The number of amides is 1. The highest BCUT2D eigenvalue weighted by Gasteiger charge is 2.09. The van der Waals surface area contributed by atoms with Crippen molar-refractivity contribution in [1.82, 2.24) is 5.32 Å². The molecule has 0 aliphatic carbocycles. The van der Waals surface area contributed by atoms with Gasteiger partial charge < -0.3 is 14.8 Å². The summed E-state index contributed by atoms with van der Waals surface area (Å²) in [6.45, 7) is -0.257. The SMILES string of the molecule is O=C(COc1ccc(Cl)cc1Br)NCC(=O)OCc1ccccc1. The molecule has 24 heavy (non-hydrogen) atoms.